The van der Waals surface area contributed by atoms with Crippen molar-refractivity contribution in [2.75, 3.05) is 13.2 Å². The summed E-state index contributed by atoms with van der Waals surface area (Å²) in [5.41, 5.74) is 0.883. The van der Waals surface area contributed by atoms with Gasteiger partial charge in [0.25, 0.3) is 0 Å². The molecule has 18 heavy (non-hydrogen) atoms. The van der Waals surface area contributed by atoms with E-state index in [4.69, 9.17) is 17.0 Å². The van der Waals surface area contributed by atoms with Gasteiger partial charge in [-0.25, -0.2) is 0 Å². The Kier molecular flexibility index (Phi) is 2.76. The number of hydrogen-bond acceptors (Lipinski definition) is 4. The van der Waals surface area contributed by atoms with Crippen LogP contribution < -0.4 is 0 Å². The number of hydrogen-bond donors (Lipinski definition) is 1. The lowest BCUT2D eigenvalue weighted by molar-refractivity contribution is 0.161. The molecular weight excluding hydrogens is 248 g/mol. The first-order valence-corrected chi connectivity index (χ1v) is 6.28. The molecule has 3 heterocycles. The highest BCUT2D eigenvalue weighted by Gasteiger charge is 2.34. The standard InChI is InChI=1S/C12H14N4OS/c1-12(4-7-17-8-12)16-10(14-15-11(16)18)9-2-5-13-6-3-9/h2-3,5-6H,4,7-8H2,1H3,(H,15,18). The summed E-state index contributed by atoms with van der Waals surface area (Å²) in [5, 5.41) is 7.22. The third-order valence-corrected chi connectivity index (χ3v) is 3.62. The number of pyridine rings is 1. The van der Waals surface area contributed by atoms with Crippen molar-refractivity contribution in [3.8, 4) is 11.4 Å². The van der Waals surface area contributed by atoms with Gasteiger partial charge < -0.3 is 4.74 Å². The summed E-state index contributed by atoms with van der Waals surface area (Å²) in [4.78, 5) is 4.02. The minimum Gasteiger partial charge on any atom is -0.379 e. The van der Waals surface area contributed by atoms with Crippen molar-refractivity contribution < 1.29 is 4.74 Å². The van der Waals surface area contributed by atoms with E-state index < -0.39 is 0 Å². The predicted octanol–water partition coefficient (Wildman–Crippen LogP) is 2.14. The topological polar surface area (TPSA) is 55.7 Å². The summed E-state index contributed by atoms with van der Waals surface area (Å²) >= 11 is 5.36. The smallest absolute Gasteiger partial charge is 0.196 e. The molecule has 94 valence electrons. The van der Waals surface area contributed by atoms with Crippen molar-refractivity contribution in [2.24, 2.45) is 0 Å². The fourth-order valence-corrected chi connectivity index (χ4v) is 2.68. The van der Waals surface area contributed by atoms with E-state index in [2.05, 4.69) is 26.7 Å². The molecule has 2 aromatic heterocycles. The molecule has 0 spiro atoms. The second-order valence-corrected chi connectivity index (χ2v) is 5.11. The summed E-state index contributed by atoms with van der Waals surface area (Å²) < 4.78 is 8.20. The van der Waals surface area contributed by atoms with Crippen molar-refractivity contribution in [3.63, 3.8) is 0 Å². The van der Waals surface area contributed by atoms with Gasteiger partial charge in [-0.05, 0) is 37.7 Å². The van der Waals surface area contributed by atoms with Crippen LogP contribution in [0.1, 0.15) is 13.3 Å². The van der Waals surface area contributed by atoms with Gasteiger partial charge in [0.1, 0.15) is 0 Å². The number of nitrogens with zero attached hydrogens (tertiary/aromatic N) is 3. The Morgan fingerprint density at radius 3 is 2.89 bits per heavy atom. The number of rotatable bonds is 2. The van der Waals surface area contributed by atoms with Crippen LogP contribution in [0.15, 0.2) is 24.5 Å². The number of H-pyrrole nitrogens is 1. The zero-order valence-corrected chi connectivity index (χ0v) is 10.9. The minimum absolute atomic E-state index is 0.122. The van der Waals surface area contributed by atoms with Crippen LogP contribution in [0.2, 0.25) is 0 Å². The number of aromatic nitrogens is 4. The van der Waals surface area contributed by atoms with Crippen LogP contribution in [-0.4, -0.2) is 33.0 Å². The molecule has 6 heteroatoms. The minimum atomic E-state index is -0.122. The Balaban J connectivity index is 2.16. The molecule has 5 nitrogen and oxygen atoms in total. The van der Waals surface area contributed by atoms with E-state index in [-0.39, 0.29) is 5.54 Å². The van der Waals surface area contributed by atoms with E-state index in [1.165, 1.54) is 0 Å². The molecule has 1 fully saturated rings. The average Bonchev–Trinajstić information content (AvgIpc) is 2.98. The largest absolute Gasteiger partial charge is 0.379 e. The van der Waals surface area contributed by atoms with Gasteiger partial charge in [-0.15, -0.1) is 0 Å². The van der Waals surface area contributed by atoms with E-state index in [0.29, 0.717) is 11.4 Å². The Morgan fingerprint density at radius 2 is 2.22 bits per heavy atom. The summed E-state index contributed by atoms with van der Waals surface area (Å²) in [7, 11) is 0. The van der Waals surface area contributed by atoms with Gasteiger partial charge in [-0.3, -0.25) is 14.6 Å². The van der Waals surface area contributed by atoms with Crippen LogP contribution in [0, 0.1) is 4.77 Å². The summed E-state index contributed by atoms with van der Waals surface area (Å²) in [6, 6.07) is 3.86. The Morgan fingerprint density at radius 1 is 1.44 bits per heavy atom. The number of ether oxygens (including phenoxy) is 1. The second-order valence-electron chi connectivity index (χ2n) is 4.72. The lowest BCUT2D eigenvalue weighted by atomic mass is 10.0. The first-order chi connectivity index (χ1) is 8.71. The fraction of sp³-hybridized carbons (Fsp3) is 0.417. The molecule has 1 saturated heterocycles. The molecule has 1 atom stereocenters. The zero-order chi connectivity index (χ0) is 12.6. The van der Waals surface area contributed by atoms with Crippen molar-refractivity contribution in [1.29, 1.82) is 0 Å². The molecule has 1 N–H and O–H groups in total. The van der Waals surface area contributed by atoms with Crippen LogP contribution in [0.4, 0.5) is 0 Å². The van der Waals surface area contributed by atoms with Crippen molar-refractivity contribution in [3.05, 3.63) is 29.3 Å². The maximum atomic E-state index is 5.51. The van der Waals surface area contributed by atoms with Crippen LogP contribution >= 0.6 is 12.2 Å². The van der Waals surface area contributed by atoms with Crippen molar-refractivity contribution in [2.45, 2.75) is 18.9 Å². The first kappa shape index (κ1) is 11.6. The molecule has 1 aliphatic rings. The van der Waals surface area contributed by atoms with Gasteiger partial charge in [0.15, 0.2) is 10.6 Å². The molecule has 0 saturated carbocycles. The zero-order valence-electron chi connectivity index (χ0n) is 10.1. The SMILES string of the molecule is CC1(n2c(-c3ccncc3)n[nH]c2=S)CCOC1. The lowest BCUT2D eigenvalue weighted by Gasteiger charge is -2.25. The van der Waals surface area contributed by atoms with Crippen LogP contribution in [0.3, 0.4) is 0 Å². The maximum absolute atomic E-state index is 5.51. The quantitative estimate of drug-likeness (QED) is 0.842. The van der Waals surface area contributed by atoms with Gasteiger partial charge >= 0.3 is 0 Å². The third kappa shape index (κ3) is 1.77. The summed E-state index contributed by atoms with van der Waals surface area (Å²) in [6.45, 7) is 3.58. The highest BCUT2D eigenvalue weighted by atomic mass is 32.1. The monoisotopic (exact) mass is 262 g/mol. The molecule has 1 unspecified atom stereocenters. The molecule has 0 amide bonds. The van der Waals surface area contributed by atoms with E-state index >= 15 is 0 Å². The Labute approximate surface area is 110 Å². The van der Waals surface area contributed by atoms with E-state index in [1.54, 1.807) is 12.4 Å². The third-order valence-electron chi connectivity index (χ3n) is 3.35. The van der Waals surface area contributed by atoms with Gasteiger partial charge in [0, 0.05) is 24.6 Å². The van der Waals surface area contributed by atoms with Gasteiger partial charge in [-0.2, -0.15) is 5.10 Å². The van der Waals surface area contributed by atoms with Crippen LogP contribution in [-0.2, 0) is 10.3 Å². The number of aromatic amines is 1. The van der Waals surface area contributed by atoms with Crippen LogP contribution in [0.5, 0.6) is 0 Å². The molecular formula is C12H14N4OS. The van der Waals surface area contributed by atoms with Gasteiger partial charge in [-0.1, -0.05) is 0 Å². The van der Waals surface area contributed by atoms with Crippen molar-refractivity contribution in [1.82, 2.24) is 19.7 Å². The highest BCUT2D eigenvalue weighted by Crippen LogP contribution is 2.31. The van der Waals surface area contributed by atoms with E-state index in [1.807, 2.05) is 12.1 Å². The molecule has 0 bridgehead atoms. The predicted molar refractivity (Wildman–Crippen MR) is 69.7 cm³/mol. The highest BCUT2D eigenvalue weighted by molar-refractivity contribution is 7.71. The molecule has 3 rings (SSSR count). The second kappa shape index (κ2) is 4.29. The summed E-state index contributed by atoms with van der Waals surface area (Å²) in [6.07, 6.45) is 4.45. The van der Waals surface area contributed by atoms with Gasteiger partial charge in [0.2, 0.25) is 0 Å². The Hall–Kier alpha value is -1.53. The fourth-order valence-electron chi connectivity index (χ4n) is 2.33. The summed E-state index contributed by atoms with van der Waals surface area (Å²) in [5.74, 6) is 0.843. The molecule has 2 aromatic rings. The Bertz CT molecular complexity index is 598. The number of nitrogens with one attached hydrogen (secondary N) is 1. The molecule has 1 aliphatic heterocycles. The van der Waals surface area contributed by atoms with Crippen LogP contribution in [0.25, 0.3) is 11.4 Å². The first-order valence-electron chi connectivity index (χ1n) is 5.87. The molecule has 0 aromatic carbocycles. The lowest BCUT2D eigenvalue weighted by Crippen LogP contribution is -2.31. The molecule has 0 radical (unpaired) electrons. The van der Waals surface area contributed by atoms with Crippen molar-refractivity contribution >= 4 is 12.2 Å². The average molecular weight is 262 g/mol. The van der Waals surface area contributed by atoms with Gasteiger partial charge in [0.05, 0.1) is 12.1 Å². The van der Waals surface area contributed by atoms with E-state index in [0.717, 1.165) is 24.4 Å². The normalized spacial score (nSPS) is 23.4. The molecule has 0 aliphatic carbocycles. The van der Waals surface area contributed by atoms with E-state index in [9.17, 15) is 0 Å². The maximum Gasteiger partial charge on any atom is 0.196 e.